The molecule has 0 saturated heterocycles. The van der Waals surface area contributed by atoms with E-state index in [0.29, 0.717) is 5.56 Å². The molecule has 1 aromatic rings. The largest absolute Gasteiger partial charge is 0.481 e. The van der Waals surface area contributed by atoms with E-state index in [-0.39, 0.29) is 30.3 Å². The van der Waals surface area contributed by atoms with Crippen LogP contribution in [0.15, 0.2) is 18.2 Å². The van der Waals surface area contributed by atoms with E-state index in [2.05, 4.69) is 0 Å². The lowest BCUT2D eigenvalue weighted by Gasteiger charge is -2.26. The van der Waals surface area contributed by atoms with Gasteiger partial charge in [-0.15, -0.1) is 0 Å². The number of hydrogen-bond acceptors (Lipinski definition) is 4. The monoisotopic (exact) mass is 336 g/mol. The Morgan fingerprint density at radius 3 is 2.29 bits per heavy atom. The molecule has 132 valence electrons. The van der Waals surface area contributed by atoms with Gasteiger partial charge in [0.25, 0.3) is 11.6 Å². The van der Waals surface area contributed by atoms with Crippen LogP contribution in [0.2, 0.25) is 0 Å². The molecule has 0 aliphatic heterocycles. The molecule has 7 heteroatoms. The number of carbonyl (C=O) groups excluding carboxylic acids is 1. The third-order valence-electron chi connectivity index (χ3n) is 3.70. The van der Waals surface area contributed by atoms with E-state index >= 15 is 0 Å². The minimum atomic E-state index is -0.998. The molecule has 0 saturated carbocycles. The van der Waals surface area contributed by atoms with Crippen LogP contribution in [0.1, 0.15) is 57.0 Å². The number of carbonyl (C=O) groups is 2. The van der Waals surface area contributed by atoms with Gasteiger partial charge in [0.15, 0.2) is 0 Å². The van der Waals surface area contributed by atoms with Crippen LogP contribution in [0.25, 0.3) is 0 Å². The van der Waals surface area contributed by atoms with Crippen LogP contribution in [0.4, 0.5) is 5.69 Å². The molecular weight excluding hydrogens is 312 g/mol. The van der Waals surface area contributed by atoms with Crippen LogP contribution >= 0.6 is 0 Å². The van der Waals surface area contributed by atoms with Crippen molar-refractivity contribution in [3.05, 3.63) is 39.4 Å². The zero-order chi connectivity index (χ0) is 18.7. The highest BCUT2D eigenvalue weighted by Gasteiger charge is 2.28. The molecule has 0 bridgehead atoms. The topological polar surface area (TPSA) is 101 Å². The minimum Gasteiger partial charge on any atom is -0.481 e. The first kappa shape index (κ1) is 19.6. The molecule has 7 nitrogen and oxygen atoms in total. The molecule has 0 fully saturated rings. The number of aliphatic carboxylic acids is 1. The maximum atomic E-state index is 12.6. The molecule has 1 aromatic carbocycles. The van der Waals surface area contributed by atoms with E-state index in [9.17, 15) is 19.7 Å². The Balaban J connectivity index is 3.24. The molecule has 24 heavy (non-hydrogen) atoms. The fourth-order valence-electron chi connectivity index (χ4n) is 2.43. The van der Waals surface area contributed by atoms with E-state index < -0.39 is 22.2 Å². The molecule has 0 unspecified atom stereocenters. The van der Waals surface area contributed by atoms with E-state index in [0.717, 1.165) is 0 Å². The lowest BCUT2D eigenvalue weighted by atomic mass is 9.85. The summed E-state index contributed by atoms with van der Waals surface area (Å²) in [5.41, 5.74) is 0.208. The molecule has 0 atom stereocenters. The second-order valence-electron chi connectivity index (χ2n) is 6.98. The fraction of sp³-hybridized carbons (Fsp3) is 0.529. The van der Waals surface area contributed by atoms with Crippen molar-refractivity contribution in [2.45, 2.75) is 52.5 Å². The highest BCUT2D eigenvalue weighted by molar-refractivity contribution is 5.95. The van der Waals surface area contributed by atoms with E-state index in [1.807, 2.05) is 20.8 Å². The van der Waals surface area contributed by atoms with Crippen molar-refractivity contribution in [3.8, 4) is 0 Å². The van der Waals surface area contributed by atoms with Crippen molar-refractivity contribution in [2.24, 2.45) is 0 Å². The van der Waals surface area contributed by atoms with Crippen LogP contribution in [0.5, 0.6) is 0 Å². The van der Waals surface area contributed by atoms with Crippen molar-refractivity contribution in [1.29, 1.82) is 0 Å². The van der Waals surface area contributed by atoms with Gasteiger partial charge in [0.2, 0.25) is 0 Å². The summed E-state index contributed by atoms with van der Waals surface area (Å²) in [7, 11) is 0. The molecule has 0 heterocycles. The Hall–Kier alpha value is -2.44. The molecule has 0 aromatic heterocycles. The SMILES string of the molecule is CC(C)N(CCC(=O)O)C(=O)c1ccc(C(C)(C)C)c([N+](=O)[O-])c1. The summed E-state index contributed by atoms with van der Waals surface area (Å²) in [6.45, 7) is 9.20. The minimum absolute atomic E-state index is 0.0562. The van der Waals surface area contributed by atoms with Gasteiger partial charge in [-0.05, 0) is 25.3 Å². The molecule has 1 amide bonds. The number of hydrogen-bond donors (Lipinski definition) is 1. The third-order valence-corrected chi connectivity index (χ3v) is 3.70. The number of nitrogens with zero attached hydrogens (tertiary/aromatic N) is 2. The number of nitro benzene ring substituents is 1. The molecule has 0 spiro atoms. The average molecular weight is 336 g/mol. The van der Waals surface area contributed by atoms with Crippen LogP contribution in [0.3, 0.4) is 0 Å². The Morgan fingerprint density at radius 1 is 1.29 bits per heavy atom. The van der Waals surface area contributed by atoms with Gasteiger partial charge in [-0.1, -0.05) is 26.8 Å². The first-order valence-corrected chi connectivity index (χ1v) is 7.76. The number of carboxylic acids is 1. The fourth-order valence-corrected chi connectivity index (χ4v) is 2.43. The van der Waals surface area contributed by atoms with Crippen molar-refractivity contribution in [1.82, 2.24) is 4.90 Å². The van der Waals surface area contributed by atoms with Gasteiger partial charge in [-0.2, -0.15) is 0 Å². The van der Waals surface area contributed by atoms with E-state index in [4.69, 9.17) is 5.11 Å². The predicted molar refractivity (Wildman–Crippen MR) is 90.2 cm³/mol. The molecular formula is C17H24N2O5. The standard InChI is InChI=1S/C17H24N2O5/c1-11(2)18(9-8-15(20)21)16(22)12-6-7-13(17(3,4)5)14(10-12)19(23)24/h6-7,10-11H,8-9H2,1-5H3,(H,20,21). The Labute approximate surface area is 141 Å². The average Bonchev–Trinajstić information content (AvgIpc) is 2.44. The van der Waals surface area contributed by atoms with Gasteiger partial charge in [-0.25, -0.2) is 0 Å². The van der Waals surface area contributed by atoms with Crippen LogP contribution in [0, 0.1) is 10.1 Å². The van der Waals surface area contributed by atoms with Gasteiger partial charge < -0.3 is 10.0 Å². The van der Waals surface area contributed by atoms with Crippen molar-refractivity contribution in [3.63, 3.8) is 0 Å². The second-order valence-corrected chi connectivity index (χ2v) is 6.98. The zero-order valence-corrected chi connectivity index (χ0v) is 14.7. The number of amides is 1. The quantitative estimate of drug-likeness (QED) is 0.635. The smallest absolute Gasteiger partial charge is 0.305 e. The van der Waals surface area contributed by atoms with E-state index in [1.54, 1.807) is 26.0 Å². The summed E-state index contributed by atoms with van der Waals surface area (Å²) in [4.78, 5) is 35.7. The van der Waals surface area contributed by atoms with Crippen molar-refractivity contribution < 1.29 is 19.6 Å². The van der Waals surface area contributed by atoms with Crippen LogP contribution in [-0.4, -0.2) is 39.4 Å². The summed E-state index contributed by atoms with van der Waals surface area (Å²) >= 11 is 0. The van der Waals surface area contributed by atoms with Crippen molar-refractivity contribution >= 4 is 17.6 Å². The number of benzene rings is 1. The number of carboxylic acid groups (broad SMARTS) is 1. The van der Waals surface area contributed by atoms with E-state index in [1.165, 1.54) is 11.0 Å². The van der Waals surface area contributed by atoms with Crippen LogP contribution < -0.4 is 0 Å². The summed E-state index contributed by atoms with van der Waals surface area (Å²) in [6.07, 6.45) is -0.175. The Morgan fingerprint density at radius 2 is 1.88 bits per heavy atom. The van der Waals surface area contributed by atoms with Gasteiger partial charge in [0.1, 0.15) is 0 Å². The highest BCUT2D eigenvalue weighted by Crippen LogP contribution is 2.32. The number of rotatable bonds is 6. The highest BCUT2D eigenvalue weighted by atomic mass is 16.6. The maximum Gasteiger partial charge on any atom is 0.305 e. The summed E-state index contributed by atoms with van der Waals surface area (Å²) in [5, 5.41) is 20.2. The second kappa shape index (κ2) is 7.42. The lowest BCUT2D eigenvalue weighted by Crippen LogP contribution is -2.38. The maximum absolute atomic E-state index is 12.6. The summed E-state index contributed by atoms with van der Waals surface area (Å²) in [6, 6.07) is 4.23. The summed E-state index contributed by atoms with van der Waals surface area (Å²) < 4.78 is 0. The molecule has 1 rings (SSSR count). The molecule has 1 N–H and O–H groups in total. The summed E-state index contributed by atoms with van der Waals surface area (Å²) in [5.74, 6) is -1.41. The third kappa shape index (κ3) is 4.78. The number of nitro groups is 1. The molecule has 0 radical (unpaired) electrons. The Kier molecular flexibility index (Phi) is 6.06. The zero-order valence-electron chi connectivity index (χ0n) is 14.7. The molecule has 0 aliphatic carbocycles. The first-order chi connectivity index (χ1) is 10.9. The van der Waals surface area contributed by atoms with Crippen molar-refractivity contribution in [2.75, 3.05) is 6.54 Å². The lowest BCUT2D eigenvalue weighted by molar-refractivity contribution is -0.386. The van der Waals surface area contributed by atoms with Gasteiger partial charge in [0.05, 0.1) is 11.3 Å². The molecule has 0 aliphatic rings. The first-order valence-electron chi connectivity index (χ1n) is 7.76. The normalized spacial score (nSPS) is 11.4. The van der Waals surface area contributed by atoms with Gasteiger partial charge in [-0.3, -0.25) is 19.7 Å². The predicted octanol–water partition coefficient (Wildman–Crippen LogP) is 3.22. The Bertz CT molecular complexity index is 647. The van der Waals surface area contributed by atoms with Crippen LogP contribution in [-0.2, 0) is 10.2 Å². The van der Waals surface area contributed by atoms with Gasteiger partial charge >= 0.3 is 5.97 Å². The van der Waals surface area contributed by atoms with Gasteiger partial charge in [0, 0.05) is 29.8 Å².